The molecule has 0 N–H and O–H groups in total. The van der Waals surface area contributed by atoms with Crippen molar-refractivity contribution in [1.82, 2.24) is 0 Å². The van der Waals surface area contributed by atoms with Crippen molar-refractivity contribution in [2.75, 3.05) is 33.1 Å². The summed E-state index contributed by atoms with van der Waals surface area (Å²) in [5.74, 6) is 0. The monoisotopic (exact) mass is 336 g/mol. The third-order valence-electron chi connectivity index (χ3n) is 4.98. The SMILES string of the molecule is C=CC[Si]1(C)C2=CC(=[N+](C)C)C=CC2=Nc2ccc(N(C)C)cc21. The minimum absolute atomic E-state index is 1.02. The summed E-state index contributed by atoms with van der Waals surface area (Å²) in [6, 6.07) is 7.68. The Kier molecular flexibility index (Phi) is 4.18. The number of nitrogens with zero attached hydrogens (tertiary/aromatic N) is 3. The Hall–Kier alpha value is -2.20. The fourth-order valence-corrected chi connectivity index (χ4v) is 7.12. The maximum Gasteiger partial charge on any atom is 0.199 e. The molecule has 2 aliphatic rings. The van der Waals surface area contributed by atoms with E-state index in [4.69, 9.17) is 4.99 Å². The highest BCUT2D eigenvalue weighted by molar-refractivity contribution is 7.02. The van der Waals surface area contributed by atoms with E-state index in [9.17, 15) is 0 Å². The van der Waals surface area contributed by atoms with E-state index in [0.717, 1.165) is 17.4 Å². The summed E-state index contributed by atoms with van der Waals surface area (Å²) in [5.41, 5.74) is 4.72. The van der Waals surface area contributed by atoms with Gasteiger partial charge in [-0.2, -0.15) is 0 Å². The number of fused-ring (bicyclic) bond motifs is 2. The molecule has 124 valence electrons. The molecule has 4 heteroatoms. The predicted octanol–water partition coefficient (Wildman–Crippen LogP) is 3.06. The van der Waals surface area contributed by atoms with E-state index in [1.54, 1.807) is 0 Å². The molecule has 0 aromatic heterocycles. The zero-order valence-corrected chi connectivity index (χ0v) is 16.3. The smallest absolute Gasteiger partial charge is 0.199 e. The number of rotatable bonds is 3. The predicted molar refractivity (Wildman–Crippen MR) is 108 cm³/mol. The summed E-state index contributed by atoms with van der Waals surface area (Å²) < 4.78 is 2.16. The second-order valence-electron chi connectivity index (χ2n) is 7.13. The highest BCUT2D eigenvalue weighted by Crippen LogP contribution is 2.34. The summed E-state index contributed by atoms with van der Waals surface area (Å²) in [6.45, 7) is 6.49. The van der Waals surface area contributed by atoms with Gasteiger partial charge in [0.25, 0.3) is 0 Å². The summed E-state index contributed by atoms with van der Waals surface area (Å²) in [6.07, 6.45) is 8.74. The summed E-state index contributed by atoms with van der Waals surface area (Å²) >= 11 is 0. The molecule has 24 heavy (non-hydrogen) atoms. The Labute approximate surface area is 146 Å². The van der Waals surface area contributed by atoms with Gasteiger partial charge in [0, 0.05) is 31.9 Å². The molecule has 1 aromatic carbocycles. The van der Waals surface area contributed by atoms with E-state index >= 15 is 0 Å². The van der Waals surface area contributed by atoms with Gasteiger partial charge in [0.15, 0.2) is 5.71 Å². The standard InChI is InChI=1S/C20H26N3Si/c1-7-12-24(6)19-13-15(22(2)3)8-10-17(19)21-18-11-9-16(23(4)5)14-20(18)24/h7-11,13-14H,1,12H2,2-6H3/q+1. The molecule has 1 aliphatic carbocycles. The molecule has 1 heterocycles. The summed E-state index contributed by atoms with van der Waals surface area (Å²) in [5, 5.41) is 2.83. The Morgan fingerprint density at radius 1 is 1.25 bits per heavy atom. The molecule has 1 atom stereocenters. The van der Waals surface area contributed by atoms with Crippen molar-refractivity contribution in [3.8, 4) is 0 Å². The molecule has 0 radical (unpaired) electrons. The van der Waals surface area contributed by atoms with E-state index in [0.29, 0.717) is 0 Å². The molecular weight excluding hydrogens is 310 g/mol. The fourth-order valence-electron chi connectivity index (χ4n) is 3.47. The van der Waals surface area contributed by atoms with E-state index < -0.39 is 8.07 Å². The topological polar surface area (TPSA) is 18.6 Å². The molecule has 0 amide bonds. The van der Waals surface area contributed by atoms with E-state index in [-0.39, 0.29) is 0 Å². The van der Waals surface area contributed by atoms with Crippen LogP contribution in [-0.2, 0) is 0 Å². The molecule has 0 spiro atoms. The quantitative estimate of drug-likeness (QED) is 0.359. The van der Waals surface area contributed by atoms with Gasteiger partial charge in [-0.1, -0.05) is 12.6 Å². The first-order chi connectivity index (χ1) is 11.4. The van der Waals surface area contributed by atoms with Crippen LogP contribution in [0.1, 0.15) is 0 Å². The number of allylic oxidation sites excluding steroid dienone is 5. The normalized spacial score (nSPS) is 21.5. The van der Waals surface area contributed by atoms with Crippen LogP contribution in [-0.4, -0.2) is 52.3 Å². The summed E-state index contributed by atoms with van der Waals surface area (Å²) in [7, 11) is 6.46. The fraction of sp³-hybridized carbons (Fsp3) is 0.300. The zero-order chi connectivity index (χ0) is 17.5. The number of benzene rings is 1. The number of aliphatic imine (C=N–C) groups is 1. The lowest BCUT2D eigenvalue weighted by atomic mass is 10.1. The van der Waals surface area contributed by atoms with E-state index in [1.165, 1.54) is 21.8 Å². The van der Waals surface area contributed by atoms with Crippen LogP contribution in [0.15, 0.2) is 59.3 Å². The van der Waals surface area contributed by atoms with Gasteiger partial charge in [-0.25, -0.2) is 9.57 Å². The Morgan fingerprint density at radius 2 is 2.00 bits per heavy atom. The van der Waals surface area contributed by atoms with Crippen LogP contribution in [0.25, 0.3) is 0 Å². The first kappa shape index (κ1) is 16.6. The second kappa shape index (κ2) is 6.02. The average molecular weight is 337 g/mol. The molecular formula is C20H26N3Si+. The minimum Gasteiger partial charge on any atom is -0.378 e. The maximum atomic E-state index is 4.95. The number of anilines is 1. The second-order valence-corrected chi connectivity index (χ2v) is 11.3. The van der Waals surface area contributed by atoms with Crippen molar-refractivity contribution in [1.29, 1.82) is 0 Å². The molecule has 0 saturated carbocycles. The van der Waals surface area contributed by atoms with Crippen LogP contribution in [0.2, 0.25) is 12.6 Å². The molecule has 0 fully saturated rings. The lowest BCUT2D eigenvalue weighted by Crippen LogP contribution is -2.51. The largest absolute Gasteiger partial charge is 0.378 e. The number of hydrogen-bond donors (Lipinski definition) is 0. The van der Waals surface area contributed by atoms with Crippen molar-refractivity contribution >= 4 is 36.1 Å². The maximum absolute atomic E-state index is 4.95. The van der Waals surface area contributed by atoms with Gasteiger partial charge < -0.3 is 4.90 Å². The lowest BCUT2D eigenvalue weighted by molar-refractivity contribution is -0.462. The lowest BCUT2D eigenvalue weighted by Gasteiger charge is -2.36. The summed E-state index contributed by atoms with van der Waals surface area (Å²) in [4.78, 5) is 7.11. The van der Waals surface area contributed by atoms with Crippen molar-refractivity contribution < 1.29 is 4.58 Å². The van der Waals surface area contributed by atoms with E-state index in [1.807, 2.05) is 0 Å². The molecule has 3 nitrogen and oxygen atoms in total. The highest BCUT2D eigenvalue weighted by atomic mass is 28.3. The Bertz CT molecular complexity index is 823. The third-order valence-corrected chi connectivity index (χ3v) is 9.26. The van der Waals surface area contributed by atoms with Gasteiger partial charge in [-0.05, 0) is 40.7 Å². The van der Waals surface area contributed by atoms with Gasteiger partial charge in [0.2, 0.25) is 0 Å². The molecule has 1 aliphatic heterocycles. The molecule has 1 unspecified atom stereocenters. The molecule has 0 bridgehead atoms. The van der Waals surface area contributed by atoms with Gasteiger partial charge in [0.05, 0.1) is 11.4 Å². The van der Waals surface area contributed by atoms with Crippen molar-refractivity contribution in [2.24, 2.45) is 4.99 Å². The van der Waals surface area contributed by atoms with Crippen LogP contribution in [0.4, 0.5) is 11.4 Å². The van der Waals surface area contributed by atoms with Gasteiger partial charge in [0.1, 0.15) is 22.2 Å². The van der Waals surface area contributed by atoms with Crippen LogP contribution in [0.3, 0.4) is 0 Å². The van der Waals surface area contributed by atoms with Crippen molar-refractivity contribution in [2.45, 2.75) is 12.6 Å². The first-order valence-electron chi connectivity index (χ1n) is 8.33. The molecule has 0 saturated heterocycles. The van der Waals surface area contributed by atoms with Crippen LogP contribution in [0, 0.1) is 0 Å². The van der Waals surface area contributed by atoms with Gasteiger partial charge in [-0.15, -0.1) is 6.58 Å². The average Bonchev–Trinajstić information content (AvgIpc) is 2.54. The number of hydrogen-bond acceptors (Lipinski definition) is 2. The van der Waals surface area contributed by atoms with Crippen LogP contribution in [0.5, 0.6) is 0 Å². The van der Waals surface area contributed by atoms with Gasteiger partial charge >= 0.3 is 0 Å². The van der Waals surface area contributed by atoms with Crippen molar-refractivity contribution in [3.63, 3.8) is 0 Å². The van der Waals surface area contributed by atoms with Crippen LogP contribution >= 0.6 is 0 Å². The Morgan fingerprint density at radius 3 is 2.62 bits per heavy atom. The third kappa shape index (κ3) is 2.61. The van der Waals surface area contributed by atoms with Crippen LogP contribution < -0.4 is 10.1 Å². The Balaban J connectivity index is 2.27. The first-order valence-corrected chi connectivity index (χ1v) is 11.0. The molecule has 1 aromatic rings. The highest BCUT2D eigenvalue weighted by Gasteiger charge is 2.41. The van der Waals surface area contributed by atoms with Gasteiger partial charge in [-0.3, -0.25) is 0 Å². The zero-order valence-electron chi connectivity index (χ0n) is 15.3. The molecule has 3 rings (SSSR count). The van der Waals surface area contributed by atoms with E-state index in [2.05, 4.69) is 93.3 Å². The minimum atomic E-state index is -1.90. The van der Waals surface area contributed by atoms with Crippen molar-refractivity contribution in [3.05, 3.63) is 54.3 Å².